The molecule has 0 aliphatic carbocycles. The number of amides is 1. The van der Waals surface area contributed by atoms with Crippen LogP contribution in [0.5, 0.6) is 5.75 Å². The first-order valence-corrected chi connectivity index (χ1v) is 9.23. The fourth-order valence-corrected chi connectivity index (χ4v) is 2.95. The van der Waals surface area contributed by atoms with Crippen LogP contribution < -0.4 is 10.2 Å². The van der Waals surface area contributed by atoms with Crippen molar-refractivity contribution < 1.29 is 9.53 Å². The lowest BCUT2D eigenvalue weighted by atomic mass is 10.0. The lowest BCUT2D eigenvalue weighted by Crippen LogP contribution is -2.26. The second-order valence-electron chi connectivity index (χ2n) is 6.40. The van der Waals surface area contributed by atoms with Gasteiger partial charge in [0.2, 0.25) is 0 Å². The van der Waals surface area contributed by atoms with Crippen LogP contribution in [-0.2, 0) is 4.79 Å². The Morgan fingerprint density at radius 2 is 1.62 bits per heavy atom. The van der Waals surface area contributed by atoms with Gasteiger partial charge in [-0.05, 0) is 35.0 Å². The van der Waals surface area contributed by atoms with E-state index in [1.807, 2.05) is 84.9 Å². The van der Waals surface area contributed by atoms with Crippen LogP contribution in [0.4, 0.5) is 0 Å². The van der Waals surface area contributed by atoms with E-state index in [9.17, 15) is 4.79 Å². The minimum atomic E-state index is -0.338. The molecule has 142 valence electrons. The Kier molecular flexibility index (Phi) is 5.58. The van der Waals surface area contributed by atoms with E-state index in [4.69, 9.17) is 4.74 Å². The Morgan fingerprint density at radius 1 is 0.862 bits per heavy atom. The third kappa shape index (κ3) is 4.65. The molecule has 5 heteroatoms. The van der Waals surface area contributed by atoms with Gasteiger partial charge in [0.15, 0.2) is 6.61 Å². The zero-order valence-electron chi connectivity index (χ0n) is 15.7. The van der Waals surface area contributed by atoms with Crippen molar-refractivity contribution in [3.63, 3.8) is 0 Å². The van der Waals surface area contributed by atoms with Crippen molar-refractivity contribution >= 4 is 22.4 Å². The number of benzene rings is 3. The molecule has 1 aromatic heterocycles. The number of hydrogen-bond acceptors (Lipinski definition) is 4. The fourth-order valence-electron chi connectivity index (χ4n) is 2.95. The van der Waals surface area contributed by atoms with E-state index in [1.54, 1.807) is 12.4 Å². The SMILES string of the molecule is O=C(COc1ccc2ccccc2c1)NN=C(c1ccccc1)c1cccnc1. The molecular formula is C24H19N3O2. The number of nitrogens with one attached hydrogen (secondary N) is 1. The van der Waals surface area contributed by atoms with Gasteiger partial charge in [0, 0.05) is 23.5 Å². The molecule has 0 saturated heterocycles. The van der Waals surface area contributed by atoms with Crippen molar-refractivity contribution in [1.82, 2.24) is 10.4 Å². The van der Waals surface area contributed by atoms with Crippen molar-refractivity contribution in [1.29, 1.82) is 0 Å². The minimum absolute atomic E-state index is 0.128. The van der Waals surface area contributed by atoms with Crippen molar-refractivity contribution in [2.24, 2.45) is 5.10 Å². The van der Waals surface area contributed by atoms with Gasteiger partial charge in [-0.1, -0.05) is 60.7 Å². The summed E-state index contributed by atoms with van der Waals surface area (Å²) in [6.45, 7) is -0.128. The molecule has 1 amide bonds. The molecule has 4 aromatic rings. The van der Waals surface area contributed by atoms with Crippen molar-refractivity contribution in [2.75, 3.05) is 6.61 Å². The lowest BCUT2D eigenvalue weighted by molar-refractivity contribution is -0.123. The number of hydrogen-bond donors (Lipinski definition) is 1. The van der Waals surface area contributed by atoms with Crippen LogP contribution in [0, 0.1) is 0 Å². The summed E-state index contributed by atoms with van der Waals surface area (Å²) in [5.41, 5.74) is 4.92. The summed E-state index contributed by atoms with van der Waals surface area (Å²) in [4.78, 5) is 16.4. The lowest BCUT2D eigenvalue weighted by Gasteiger charge is -2.09. The van der Waals surface area contributed by atoms with Gasteiger partial charge >= 0.3 is 0 Å². The summed E-state index contributed by atoms with van der Waals surface area (Å²) in [5, 5.41) is 6.51. The molecule has 3 aromatic carbocycles. The number of carbonyl (C=O) groups is 1. The highest BCUT2D eigenvalue weighted by molar-refractivity contribution is 6.12. The van der Waals surface area contributed by atoms with Crippen molar-refractivity contribution in [3.8, 4) is 5.75 Å². The van der Waals surface area contributed by atoms with E-state index in [0.717, 1.165) is 21.9 Å². The van der Waals surface area contributed by atoms with Crippen molar-refractivity contribution in [2.45, 2.75) is 0 Å². The molecule has 1 N–H and O–H groups in total. The van der Waals surface area contributed by atoms with Crippen LogP contribution in [0.3, 0.4) is 0 Å². The highest BCUT2D eigenvalue weighted by atomic mass is 16.5. The van der Waals surface area contributed by atoms with Crippen LogP contribution in [0.15, 0.2) is 102 Å². The van der Waals surface area contributed by atoms with Crippen LogP contribution in [-0.4, -0.2) is 23.2 Å². The van der Waals surface area contributed by atoms with Crippen molar-refractivity contribution in [3.05, 3.63) is 108 Å². The molecule has 1 heterocycles. The predicted octanol–water partition coefficient (Wildman–Crippen LogP) is 4.18. The average Bonchev–Trinajstić information content (AvgIpc) is 2.79. The molecule has 29 heavy (non-hydrogen) atoms. The number of hydrazone groups is 1. The monoisotopic (exact) mass is 381 g/mol. The Bertz CT molecular complexity index is 1100. The molecule has 0 aliphatic rings. The molecule has 5 nitrogen and oxygen atoms in total. The summed E-state index contributed by atoms with van der Waals surface area (Å²) < 4.78 is 5.63. The quantitative estimate of drug-likeness (QED) is 0.402. The molecule has 0 saturated carbocycles. The van der Waals surface area contributed by atoms with Gasteiger partial charge in [0.1, 0.15) is 5.75 Å². The summed E-state index contributed by atoms with van der Waals surface area (Å²) in [6, 6.07) is 27.1. The summed E-state index contributed by atoms with van der Waals surface area (Å²) in [6.07, 6.45) is 3.41. The standard InChI is InChI=1S/C24H19N3O2/c28-23(17-29-22-13-12-18-7-4-5-10-20(18)15-22)26-27-24(19-8-2-1-3-9-19)21-11-6-14-25-16-21/h1-16H,17H2,(H,26,28). The van der Waals surface area contributed by atoms with Gasteiger partial charge in [0.25, 0.3) is 5.91 Å². The normalized spacial score (nSPS) is 11.2. The molecule has 0 aliphatic heterocycles. The Balaban J connectivity index is 1.46. The predicted molar refractivity (Wildman–Crippen MR) is 114 cm³/mol. The minimum Gasteiger partial charge on any atom is -0.484 e. The smallest absolute Gasteiger partial charge is 0.277 e. The van der Waals surface area contributed by atoms with E-state index >= 15 is 0 Å². The Hall–Kier alpha value is -3.99. The average molecular weight is 381 g/mol. The highest BCUT2D eigenvalue weighted by Crippen LogP contribution is 2.20. The number of rotatable bonds is 6. The zero-order chi connectivity index (χ0) is 19.9. The number of aromatic nitrogens is 1. The number of fused-ring (bicyclic) bond motifs is 1. The van der Waals surface area contributed by atoms with Gasteiger partial charge in [-0.3, -0.25) is 9.78 Å². The summed E-state index contributed by atoms with van der Waals surface area (Å²) >= 11 is 0. The molecule has 0 fully saturated rings. The molecular weight excluding hydrogens is 362 g/mol. The second kappa shape index (κ2) is 8.80. The van der Waals surface area contributed by atoms with Gasteiger partial charge in [-0.15, -0.1) is 0 Å². The first-order valence-electron chi connectivity index (χ1n) is 9.23. The first-order chi connectivity index (χ1) is 14.3. The third-order valence-electron chi connectivity index (χ3n) is 4.37. The molecule has 0 spiro atoms. The Labute approximate surface area is 168 Å². The maximum absolute atomic E-state index is 12.3. The number of nitrogens with zero attached hydrogens (tertiary/aromatic N) is 2. The van der Waals surface area contributed by atoms with Crippen LogP contribution in [0.2, 0.25) is 0 Å². The number of pyridine rings is 1. The highest BCUT2D eigenvalue weighted by Gasteiger charge is 2.09. The largest absolute Gasteiger partial charge is 0.484 e. The molecule has 0 bridgehead atoms. The van der Waals surface area contributed by atoms with Crippen LogP contribution in [0.1, 0.15) is 11.1 Å². The zero-order valence-corrected chi connectivity index (χ0v) is 15.7. The fraction of sp³-hybridized carbons (Fsp3) is 0.0417. The van der Waals surface area contributed by atoms with E-state index < -0.39 is 0 Å². The van der Waals surface area contributed by atoms with Gasteiger partial charge in [-0.25, -0.2) is 5.43 Å². The number of carbonyl (C=O) groups excluding carboxylic acids is 1. The summed E-state index contributed by atoms with van der Waals surface area (Å²) in [5.74, 6) is 0.300. The van der Waals surface area contributed by atoms with E-state index in [2.05, 4.69) is 15.5 Å². The first kappa shape index (κ1) is 18.4. The maximum Gasteiger partial charge on any atom is 0.277 e. The van der Waals surface area contributed by atoms with Crippen LogP contribution in [0.25, 0.3) is 10.8 Å². The maximum atomic E-state index is 12.3. The van der Waals surface area contributed by atoms with Gasteiger partial charge in [0.05, 0.1) is 5.71 Å². The van der Waals surface area contributed by atoms with Gasteiger partial charge in [-0.2, -0.15) is 5.10 Å². The molecule has 0 atom stereocenters. The van der Waals surface area contributed by atoms with Crippen LogP contribution >= 0.6 is 0 Å². The second-order valence-corrected chi connectivity index (χ2v) is 6.40. The van der Waals surface area contributed by atoms with Gasteiger partial charge < -0.3 is 4.74 Å². The third-order valence-corrected chi connectivity index (χ3v) is 4.37. The summed E-state index contributed by atoms with van der Waals surface area (Å²) in [7, 11) is 0. The van der Waals surface area contributed by atoms with E-state index in [0.29, 0.717) is 11.5 Å². The molecule has 0 radical (unpaired) electrons. The van der Waals surface area contributed by atoms with E-state index in [1.165, 1.54) is 0 Å². The molecule has 4 rings (SSSR count). The topological polar surface area (TPSA) is 63.6 Å². The van der Waals surface area contributed by atoms with E-state index in [-0.39, 0.29) is 12.5 Å². The number of ether oxygens (including phenoxy) is 1. The Morgan fingerprint density at radius 3 is 2.41 bits per heavy atom. The molecule has 0 unspecified atom stereocenters.